The fourth-order valence-electron chi connectivity index (χ4n) is 0.215. The van der Waals surface area contributed by atoms with Gasteiger partial charge in [-0.1, -0.05) is 0 Å². The van der Waals surface area contributed by atoms with Crippen molar-refractivity contribution in [1.29, 1.82) is 0 Å². The van der Waals surface area contributed by atoms with Crippen LogP contribution in [0.4, 0.5) is 13.2 Å². The van der Waals surface area contributed by atoms with Crippen molar-refractivity contribution in [3.63, 3.8) is 0 Å². The topological polar surface area (TPSA) is 29.5 Å². The number of hydrogen-bond acceptors (Lipinski definition) is 2. The standard InChI is InChI=1S/C4H7F3O2/c1-3(8)2-9-4(5,6)7/h3,8H,2H2,1H3/t3-/m1/s1. The van der Waals surface area contributed by atoms with Crippen LogP contribution in [0.1, 0.15) is 6.92 Å². The minimum Gasteiger partial charge on any atom is -0.391 e. The molecule has 5 heteroatoms. The Kier molecular flexibility index (Phi) is 2.93. The average molecular weight is 144 g/mol. The zero-order valence-electron chi connectivity index (χ0n) is 4.77. The van der Waals surface area contributed by atoms with Crippen molar-refractivity contribution in [2.75, 3.05) is 6.61 Å². The number of aliphatic hydroxyl groups excluding tert-OH is 1. The Morgan fingerprint density at radius 2 is 2.00 bits per heavy atom. The molecule has 1 atom stereocenters. The van der Waals surface area contributed by atoms with Crippen LogP contribution in [0.25, 0.3) is 0 Å². The lowest BCUT2D eigenvalue weighted by Gasteiger charge is -2.07. The Balaban J connectivity index is 3.28. The van der Waals surface area contributed by atoms with Gasteiger partial charge in [-0.3, -0.25) is 4.74 Å². The van der Waals surface area contributed by atoms with E-state index in [1.807, 2.05) is 0 Å². The van der Waals surface area contributed by atoms with Gasteiger partial charge in [-0.2, -0.15) is 0 Å². The van der Waals surface area contributed by atoms with Crippen molar-refractivity contribution < 1.29 is 23.0 Å². The first-order valence-electron chi connectivity index (χ1n) is 2.30. The van der Waals surface area contributed by atoms with Gasteiger partial charge < -0.3 is 5.11 Å². The fourth-order valence-corrected chi connectivity index (χ4v) is 0.215. The second-order valence-electron chi connectivity index (χ2n) is 1.61. The van der Waals surface area contributed by atoms with E-state index in [0.717, 1.165) is 0 Å². The third kappa shape index (κ3) is 7.71. The number of aliphatic hydroxyl groups is 1. The number of halogens is 3. The van der Waals surface area contributed by atoms with Gasteiger partial charge in [0.15, 0.2) is 0 Å². The number of alkyl halides is 3. The minimum atomic E-state index is -4.63. The maximum atomic E-state index is 11.1. The highest BCUT2D eigenvalue weighted by Gasteiger charge is 2.29. The molecule has 0 heterocycles. The highest BCUT2D eigenvalue weighted by Crippen LogP contribution is 2.15. The van der Waals surface area contributed by atoms with Gasteiger partial charge in [0, 0.05) is 0 Å². The minimum absolute atomic E-state index is 0.705. The molecule has 0 amide bonds. The second kappa shape index (κ2) is 3.03. The summed E-state index contributed by atoms with van der Waals surface area (Å²) in [5.74, 6) is 0. The van der Waals surface area contributed by atoms with Gasteiger partial charge in [0.1, 0.15) is 0 Å². The SMILES string of the molecule is C[C@@H](O)COC(F)(F)F. The zero-order valence-corrected chi connectivity index (χ0v) is 4.77. The van der Waals surface area contributed by atoms with Gasteiger partial charge in [-0.05, 0) is 6.92 Å². The van der Waals surface area contributed by atoms with Crippen molar-refractivity contribution in [2.45, 2.75) is 19.4 Å². The van der Waals surface area contributed by atoms with Crippen LogP contribution in [0.2, 0.25) is 0 Å². The van der Waals surface area contributed by atoms with E-state index in [9.17, 15) is 13.2 Å². The maximum Gasteiger partial charge on any atom is 0.522 e. The summed E-state index contributed by atoms with van der Waals surface area (Å²) in [7, 11) is 0. The first-order valence-corrected chi connectivity index (χ1v) is 2.30. The van der Waals surface area contributed by atoms with Crippen molar-refractivity contribution in [3.05, 3.63) is 0 Å². The molecule has 0 unspecified atom stereocenters. The smallest absolute Gasteiger partial charge is 0.391 e. The first-order chi connectivity index (χ1) is 3.92. The summed E-state index contributed by atoms with van der Waals surface area (Å²) in [6.45, 7) is 0.509. The van der Waals surface area contributed by atoms with Crippen LogP contribution in [0, 0.1) is 0 Å². The molecule has 0 radical (unpaired) electrons. The quantitative estimate of drug-likeness (QED) is 0.624. The van der Waals surface area contributed by atoms with Crippen LogP contribution in [0.15, 0.2) is 0 Å². The summed E-state index contributed by atoms with van der Waals surface area (Å²) in [6, 6.07) is 0. The van der Waals surface area contributed by atoms with Crippen LogP contribution in [0.5, 0.6) is 0 Å². The maximum absolute atomic E-state index is 11.1. The third-order valence-corrected chi connectivity index (χ3v) is 0.488. The zero-order chi connectivity index (χ0) is 7.49. The van der Waals surface area contributed by atoms with E-state index in [1.54, 1.807) is 0 Å². The van der Waals surface area contributed by atoms with E-state index in [2.05, 4.69) is 4.74 Å². The Bertz CT molecular complexity index is 78.4. The van der Waals surface area contributed by atoms with Gasteiger partial charge in [-0.25, -0.2) is 0 Å². The molecule has 0 spiro atoms. The van der Waals surface area contributed by atoms with Crippen molar-refractivity contribution >= 4 is 0 Å². The van der Waals surface area contributed by atoms with Crippen LogP contribution < -0.4 is 0 Å². The molecular weight excluding hydrogens is 137 g/mol. The lowest BCUT2D eigenvalue weighted by Crippen LogP contribution is -2.20. The van der Waals surface area contributed by atoms with Gasteiger partial charge in [-0.15, -0.1) is 13.2 Å². The van der Waals surface area contributed by atoms with Crippen LogP contribution in [0.3, 0.4) is 0 Å². The lowest BCUT2D eigenvalue weighted by atomic mass is 10.5. The summed E-state index contributed by atoms with van der Waals surface area (Å²) in [5.41, 5.74) is 0. The van der Waals surface area contributed by atoms with E-state index < -0.39 is 19.1 Å². The van der Waals surface area contributed by atoms with Crippen molar-refractivity contribution in [1.82, 2.24) is 0 Å². The number of hydrogen-bond donors (Lipinski definition) is 1. The monoisotopic (exact) mass is 144 g/mol. The molecule has 2 nitrogen and oxygen atoms in total. The third-order valence-electron chi connectivity index (χ3n) is 0.488. The van der Waals surface area contributed by atoms with E-state index >= 15 is 0 Å². The summed E-state index contributed by atoms with van der Waals surface area (Å²) in [4.78, 5) is 0. The van der Waals surface area contributed by atoms with E-state index in [0.29, 0.717) is 0 Å². The molecule has 0 aromatic rings. The fraction of sp³-hybridized carbons (Fsp3) is 1.00. The Hall–Kier alpha value is -0.290. The Morgan fingerprint density at radius 1 is 1.56 bits per heavy atom. The molecule has 0 aromatic carbocycles. The Morgan fingerprint density at radius 3 is 2.11 bits per heavy atom. The molecule has 1 N–H and O–H groups in total. The Labute approximate surface area is 50.2 Å². The summed E-state index contributed by atoms with van der Waals surface area (Å²) in [5, 5.41) is 8.29. The van der Waals surface area contributed by atoms with Gasteiger partial charge >= 0.3 is 6.36 Å². The molecule has 0 aromatic heterocycles. The molecule has 0 aliphatic heterocycles. The number of rotatable bonds is 2. The van der Waals surface area contributed by atoms with E-state index in [-0.39, 0.29) is 0 Å². The first kappa shape index (κ1) is 8.71. The lowest BCUT2D eigenvalue weighted by molar-refractivity contribution is -0.330. The van der Waals surface area contributed by atoms with E-state index in [1.165, 1.54) is 6.92 Å². The normalized spacial score (nSPS) is 15.7. The van der Waals surface area contributed by atoms with Crippen LogP contribution in [-0.4, -0.2) is 24.2 Å². The molecule has 0 aliphatic rings. The summed E-state index contributed by atoms with van der Waals surface area (Å²) < 4.78 is 36.5. The summed E-state index contributed by atoms with van der Waals surface area (Å²) in [6.07, 6.45) is -5.71. The van der Waals surface area contributed by atoms with Crippen molar-refractivity contribution in [2.24, 2.45) is 0 Å². The molecule has 0 bridgehead atoms. The van der Waals surface area contributed by atoms with Gasteiger partial charge in [0.2, 0.25) is 0 Å². The predicted molar refractivity (Wildman–Crippen MR) is 23.7 cm³/mol. The van der Waals surface area contributed by atoms with Crippen LogP contribution >= 0.6 is 0 Å². The van der Waals surface area contributed by atoms with Gasteiger partial charge in [0.05, 0.1) is 12.7 Å². The highest BCUT2D eigenvalue weighted by atomic mass is 19.4. The van der Waals surface area contributed by atoms with Gasteiger partial charge in [0.25, 0.3) is 0 Å². The molecule has 0 aliphatic carbocycles. The van der Waals surface area contributed by atoms with Crippen molar-refractivity contribution in [3.8, 4) is 0 Å². The molecule has 0 fully saturated rings. The predicted octanol–water partition coefficient (Wildman–Crippen LogP) is 0.904. The molecular formula is C4H7F3O2. The summed E-state index contributed by atoms with van der Waals surface area (Å²) >= 11 is 0. The second-order valence-corrected chi connectivity index (χ2v) is 1.61. The molecule has 0 saturated heterocycles. The molecule has 56 valence electrons. The largest absolute Gasteiger partial charge is 0.522 e. The van der Waals surface area contributed by atoms with E-state index in [4.69, 9.17) is 5.11 Å². The van der Waals surface area contributed by atoms with Crippen LogP contribution in [-0.2, 0) is 4.74 Å². The molecule has 0 rings (SSSR count). The number of ether oxygens (including phenoxy) is 1. The molecule has 9 heavy (non-hydrogen) atoms. The highest BCUT2D eigenvalue weighted by molar-refractivity contribution is 4.41. The molecule has 0 saturated carbocycles. The average Bonchev–Trinajstić information content (AvgIpc) is 1.59.